The number of likely N-dealkylation sites (tertiary alicyclic amines) is 1. The van der Waals surface area contributed by atoms with Gasteiger partial charge in [-0.1, -0.05) is 18.2 Å². The lowest BCUT2D eigenvalue weighted by Gasteiger charge is -2.32. The van der Waals surface area contributed by atoms with Crippen LogP contribution in [0.5, 0.6) is 0 Å². The van der Waals surface area contributed by atoms with Gasteiger partial charge in [-0.05, 0) is 55.2 Å². The highest BCUT2D eigenvalue weighted by Crippen LogP contribution is 2.23. The Balaban J connectivity index is 1.58. The van der Waals surface area contributed by atoms with E-state index >= 15 is 0 Å². The third-order valence-corrected chi connectivity index (χ3v) is 5.36. The van der Waals surface area contributed by atoms with Gasteiger partial charge in [-0.25, -0.2) is 0 Å². The number of nitrogens with two attached hydrogens (primary N) is 1. The number of fused-ring (bicyclic) bond motifs is 1. The van der Waals surface area contributed by atoms with E-state index in [4.69, 9.17) is 5.73 Å². The first kappa shape index (κ1) is 17.9. The maximum absolute atomic E-state index is 12.7. The second-order valence-corrected chi connectivity index (χ2v) is 7.25. The summed E-state index contributed by atoms with van der Waals surface area (Å²) in [4.78, 5) is 26.7. The molecule has 2 aliphatic rings. The Morgan fingerprint density at radius 3 is 2.76 bits per heavy atom. The van der Waals surface area contributed by atoms with Crippen LogP contribution in [0, 0.1) is 5.92 Å². The molecular formula is C20H29N3O2. The van der Waals surface area contributed by atoms with Crippen LogP contribution in [-0.2, 0) is 28.9 Å². The molecule has 5 heteroatoms. The Morgan fingerprint density at radius 1 is 1.16 bits per heavy atom. The summed E-state index contributed by atoms with van der Waals surface area (Å²) < 4.78 is 0. The summed E-state index contributed by atoms with van der Waals surface area (Å²) in [6.45, 7) is 2.22. The minimum Gasteiger partial charge on any atom is -0.355 e. The van der Waals surface area contributed by atoms with E-state index in [9.17, 15) is 9.59 Å². The number of benzene rings is 1. The zero-order valence-electron chi connectivity index (χ0n) is 14.9. The molecule has 0 spiro atoms. The number of hydrogen-bond acceptors (Lipinski definition) is 3. The topological polar surface area (TPSA) is 75.4 Å². The zero-order valence-corrected chi connectivity index (χ0v) is 14.9. The Hall–Kier alpha value is -1.88. The van der Waals surface area contributed by atoms with Gasteiger partial charge in [-0.15, -0.1) is 0 Å². The lowest BCUT2D eigenvalue weighted by Crippen LogP contribution is -2.46. The van der Waals surface area contributed by atoms with Gasteiger partial charge in [0.15, 0.2) is 0 Å². The summed E-state index contributed by atoms with van der Waals surface area (Å²) in [7, 11) is 0. The van der Waals surface area contributed by atoms with Crippen molar-refractivity contribution in [2.45, 2.75) is 44.9 Å². The van der Waals surface area contributed by atoms with Crippen molar-refractivity contribution in [3.63, 3.8) is 0 Å². The highest BCUT2D eigenvalue weighted by Gasteiger charge is 2.28. The van der Waals surface area contributed by atoms with E-state index in [1.807, 2.05) is 4.90 Å². The van der Waals surface area contributed by atoms with Crippen molar-refractivity contribution < 1.29 is 9.59 Å². The monoisotopic (exact) mass is 343 g/mol. The van der Waals surface area contributed by atoms with Gasteiger partial charge >= 0.3 is 0 Å². The molecule has 1 aliphatic heterocycles. The smallest absolute Gasteiger partial charge is 0.227 e. The minimum atomic E-state index is -0.104. The summed E-state index contributed by atoms with van der Waals surface area (Å²) in [5.41, 5.74) is 9.39. The molecule has 25 heavy (non-hydrogen) atoms. The Labute approximate surface area is 150 Å². The number of amides is 2. The highest BCUT2D eigenvalue weighted by molar-refractivity contribution is 5.82. The van der Waals surface area contributed by atoms with E-state index in [1.165, 1.54) is 24.0 Å². The van der Waals surface area contributed by atoms with Crippen molar-refractivity contribution >= 4 is 11.8 Å². The normalized spacial score (nSPS) is 20.0. The van der Waals surface area contributed by atoms with Crippen LogP contribution in [-0.4, -0.2) is 42.9 Å². The van der Waals surface area contributed by atoms with Gasteiger partial charge in [0.2, 0.25) is 11.8 Å². The second kappa shape index (κ2) is 8.48. The van der Waals surface area contributed by atoms with Gasteiger partial charge in [0, 0.05) is 26.2 Å². The Kier molecular flexibility index (Phi) is 6.08. The summed E-state index contributed by atoms with van der Waals surface area (Å²) in [5.74, 6) is 0.0524. The first-order valence-electron chi connectivity index (χ1n) is 9.53. The number of nitrogens with one attached hydrogen (secondary N) is 1. The maximum atomic E-state index is 12.7. The summed E-state index contributed by atoms with van der Waals surface area (Å²) in [6.07, 6.45) is 6.97. The van der Waals surface area contributed by atoms with Crippen molar-refractivity contribution in [1.29, 1.82) is 0 Å². The predicted octanol–water partition coefficient (Wildman–Crippen LogP) is 1.42. The minimum absolute atomic E-state index is 0.0248. The van der Waals surface area contributed by atoms with E-state index in [1.54, 1.807) is 0 Å². The molecule has 1 aromatic carbocycles. The van der Waals surface area contributed by atoms with Crippen molar-refractivity contribution in [3.05, 3.63) is 34.9 Å². The van der Waals surface area contributed by atoms with Gasteiger partial charge < -0.3 is 16.0 Å². The number of hydrogen-bond donors (Lipinski definition) is 2. The molecule has 1 fully saturated rings. The molecule has 0 saturated carbocycles. The summed E-state index contributed by atoms with van der Waals surface area (Å²) in [6, 6.07) is 6.50. The average molecular weight is 343 g/mol. The predicted molar refractivity (Wildman–Crippen MR) is 98.2 cm³/mol. The fourth-order valence-corrected chi connectivity index (χ4v) is 3.94. The number of carbonyl (C=O) groups is 2. The van der Waals surface area contributed by atoms with E-state index in [0.717, 1.165) is 37.8 Å². The molecule has 0 radical (unpaired) electrons. The molecular weight excluding hydrogens is 314 g/mol. The number of rotatable bonds is 5. The van der Waals surface area contributed by atoms with Crippen LogP contribution < -0.4 is 11.1 Å². The van der Waals surface area contributed by atoms with Gasteiger partial charge in [0.05, 0.1) is 12.3 Å². The molecule has 5 nitrogen and oxygen atoms in total. The van der Waals surface area contributed by atoms with Crippen LogP contribution >= 0.6 is 0 Å². The molecule has 1 heterocycles. The number of piperidine rings is 1. The van der Waals surface area contributed by atoms with Crippen LogP contribution in [0.25, 0.3) is 0 Å². The van der Waals surface area contributed by atoms with Gasteiger partial charge in [-0.3, -0.25) is 9.59 Å². The van der Waals surface area contributed by atoms with Gasteiger partial charge in [0.1, 0.15) is 0 Å². The lowest BCUT2D eigenvalue weighted by atomic mass is 9.89. The first-order valence-corrected chi connectivity index (χ1v) is 9.53. The third kappa shape index (κ3) is 4.60. The van der Waals surface area contributed by atoms with Gasteiger partial charge in [0.25, 0.3) is 0 Å². The zero-order chi connectivity index (χ0) is 17.6. The second-order valence-electron chi connectivity index (χ2n) is 7.25. The summed E-state index contributed by atoms with van der Waals surface area (Å²) >= 11 is 0. The molecule has 0 aromatic heterocycles. The van der Waals surface area contributed by atoms with Crippen LogP contribution in [0.3, 0.4) is 0 Å². The van der Waals surface area contributed by atoms with Crippen molar-refractivity contribution in [3.8, 4) is 0 Å². The molecule has 3 N–H and O–H groups in total. The molecule has 3 rings (SSSR count). The van der Waals surface area contributed by atoms with Crippen LogP contribution in [0.15, 0.2) is 18.2 Å². The molecule has 0 bridgehead atoms. The van der Waals surface area contributed by atoms with Crippen molar-refractivity contribution in [2.24, 2.45) is 11.7 Å². The standard InChI is InChI=1S/C20H29N3O2/c21-9-10-22-20(25)18-6-3-11-23(14-18)19(24)13-15-7-8-16-4-1-2-5-17(16)12-15/h7-8,12,18H,1-6,9-11,13-14,21H2,(H,22,25). The van der Waals surface area contributed by atoms with Crippen molar-refractivity contribution in [1.82, 2.24) is 10.2 Å². The maximum Gasteiger partial charge on any atom is 0.227 e. The van der Waals surface area contributed by atoms with Crippen molar-refractivity contribution in [2.75, 3.05) is 26.2 Å². The third-order valence-electron chi connectivity index (χ3n) is 5.36. The number of nitrogens with zero attached hydrogens (tertiary/aromatic N) is 1. The largest absolute Gasteiger partial charge is 0.355 e. The van der Waals surface area contributed by atoms with Crippen LogP contribution in [0.2, 0.25) is 0 Å². The Morgan fingerprint density at radius 2 is 1.96 bits per heavy atom. The average Bonchev–Trinajstić information content (AvgIpc) is 2.66. The quantitative estimate of drug-likeness (QED) is 0.849. The number of aryl methyl sites for hydroxylation is 2. The molecule has 1 unspecified atom stereocenters. The van der Waals surface area contributed by atoms with E-state index in [0.29, 0.717) is 26.1 Å². The Bertz CT molecular complexity index is 629. The molecule has 1 atom stereocenters. The van der Waals surface area contributed by atoms with Crippen LogP contribution in [0.1, 0.15) is 42.4 Å². The lowest BCUT2D eigenvalue weighted by molar-refractivity contribution is -0.135. The fourth-order valence-electron chi connectivity index (χ4n) is 3.94. The SMILES string of the molecule is NCCNC(=O)C1CCCN(C(=O)Cc2ccc3c(c2)CCCC3)C1. The molecule has 1 saturated heterocycles. The van der Waals surface area contributed by atoms with Gasteiger partial charge in [-0.2, -0.15) is 0 Å². The fraction of sp³-hybridized carbons (Fsp3) is 0.600. The van der Waals surface area contributed by atoms with E-state index in [2.05, 4.69) is 23.5 Å². The molecule has 2 amide bonds. The van der Waals surface area contributed by atoms with E-state index < -0.39 is 0 Å². The highest BCUT2D eigenvalue weighted by atomic mass is 16.2. The molecule has 136 valence electrons. The molecule has 1 aliphatic carbocycles. The van der Waals surface area contributed by atoms with Crippen LogP contribution in [0.4, 0.5) is 0 Å². The summed E-state index contributed by atoms with van der Waals surface area (Å²) in [5, 5.41) is 2.84. The number of carbonyl (C=O) groups excluding carboxylic acids is 2. The van der Waals surface area contributed by atoms with E-state index in [-0.39, 0.29) is 17.7 Å². The molecule has 1 aromatic rings. The first-order chi connectivity index (χ1) is 12.2.